The number of aromatic nitrogens is 2. The minimum Gasteiger partial charge on any atom is -0.325 e. The predicted octanol–water partition coefficient (Wildman–Crippen LogP) is 4.68. The van der Waals surface area contributed by atoms with Gasteiger partial charge in [-0.15, -0.1) is 0 Å². The summed E-state index contributed by atoms with van der Waals surface area (Å²) in [7, 11) is 1.89. The number of carbonyl (C=O) groups is 1. The Hall–Kier alpha value is -3.32. The lowest BCUT2D eigenvalue weighted by atomic mass is 10.2. The Kier molecular flexibility index (Phi) is 6.86. The Morgan fingerprint density at radius 3 is 2.31 bits per heavy atom. The van der Waals surface area contributed by atoms with Crippen LogP contribution in [0.2, 0.25) is 0 Å². The van der Waals surface area contributed by atoms with Crippen LogP contribution in [0.25, 0.3) is 0 Å². The van der Waals surface area contributed by atoms with Gasteiger partial charge in [-0.1, -0.05) is 18.2 Å². The van der Waals surface area contributed by atoms with E-state index in [1.807, 2.05) is 74.0 Å². The van der Waals surface area contributed by atoms with E-state index in [1.54, 1.807) is 4.68 Å². The van der Waals surface area contributed by atoms with Crippen molar-refractivity contribution in [2.45, 2.75) is 26.4 Å². The number of aryl methyl sites for hydroxylation is 1. The number of hydrogen-bond acceptors (Lipinski definition) is 5. The molecular formula is C22H26N6O. The zero-order valence-corrected chi connectivity index (χ0v) is 17.0. The fourth-order valence-electron chi connectivity index (χ4n) is 2.82. The van der Waals surface area contributed by atoms with E-state index in [4.69, 9.17) is 0 Å². The summed E-state index contributed by atoms with van der Waals surface area (Å²) in [5.41, 5.74) is 3.35. The van der Waals surface area contributed by atoms with Crippen LogP contribution < -0.4 is 5.32 Å². The van der Waals surface area contributed by atoms with Crippen LogP contribution in [0.4, 0.5) is 17.1 Å². The smallest absolute Gasteiger partial charge is 0.238 e. The van der Waals surface area contributed by atoms with E-state index in [9.17, 15) is 4.79 Å². The van der Waals surface area contributed by atoms with Gasteiger partial charge in [-0.3, -0.25) is 14.4 Å². The number of nitrogens with one attached hydrogen (secondary N) is 1. The highest BCUT2D eigenvalue weighted by molar-refractivity contribution is 5.92. The topological polar surface area (TPSA) is 74.9 Å². The first-order chi connectivity index (χ1) is 14.0. The number of nitrogens with zero attached hydrogens (tertiary/aromatic N) is 5. The second kappa shape index (κ2) is 9.75. The average molecular weight is 390 g/mol. The lowest BCUT2D eigenvalue weighted by Gasteiger charge is -2.25. The molecule has 1 N–H and O–H groups in total. The van der Waals surface area contributed by atoms with Gasteiger partial charge in [-0.05, 0) is 50.2 Å². The molecule has 0 unspecified atom stereocenters. The molecule has 29 heavy (non-hydrogen) atoms. The maximum Gasteiger partial charge on any atom is 0.238 e. The van der Waals surface area contributed by atoms with Crippen molar-refractivity contribution < 1.29 is 4.79 Å². The summed E-state index contributed by atoms with van der Waals surface area (Å²) in [6.07, 6.45) is 3.80. The fraction of sp³-hybridized carbons (Fsp3) is 0.273. The number of benzene rings is 2. The summed E-state index contributed by atoms with van der Waals surface area (Å²) < 4.78 is 1.77. The van der Waals surface area contributed by atoms with E-state index in [0.29, 0.717) is 13.1 Å². The molecular weight excluding hydrogens is 364 g/mol. The van der Waals surface area contributed by atoms with Gasteiger partial charge in [-0.25, -0.2) is 0 Å². The normalized spacial score (nSPS) is 11.5. The van der Waals surface area contributed by atoms with Crippen LogP contribution in [-0.4, -0.2) is 33.2 Å². The van der Waals surface area contributed by atoms with Crippen LogP contribution in [0.5, 0.6) is 0 Å². The maximum atomic E-state index is 12.5. The molecule has 7 heteroatoms. The molecule has 0 aliphatic rings. The van der Waals surface area contributed by atoms with Crippen LogP contribution >= 0.6 is 0 Å². The Bertz CT molecular complexity index is 947. The second-order valence-electron chi connectivity index (χ2n) is 7.15. The monoisotopic (exact) mass is 390 g/mol. The summed E-state index contributed by atoms with van der Waals surface area (Å²) in [6.45, 7) is 5.14. The third-order valence-corrected chi connectivity index (χ3v) is 4.41. The van der Waals surface area contributed by atoms with Gasteiger partial charge >= 0.3 is 0 Å². The first-order valence-electron chi connectivity index (χ1n) is 9.58. The van der Waals surface area contributed by atoms with E-state index in [2.05, 4.69) is 39.4 Å². The zero-order valence-electron chi connectivity index (χ0n) is 17.0. The van der Waals surface area contributed by atoms with Crippen molar-refractivity contribution in [1.29, 1.82) is 0 Å². The molecule has 0 fully saturated rings. The molecule has 1 aromatic heterocycles. The molecule has 7 nitrogen and oxygen atoms in total. The molecule has 0 radical (unpaired) electrons. The van der Waals surface area contributed by atoms with Crippen LogP contribution in [-0.2, 0) is 18.4 Å². The van der Waals surface area contributed by atoms with Crippen molar-refractivity contribution in [3.05, 3.63) is 72.6 Å². The third kappa shape index (κ3) is 6.36. The molecule has 3 aromatic rings. The SMILES string of the molecule is CC(C)N(CC(=O)Nc1ccc(N=Nc2ccccc2)cc1)Cc1cnn(C)c1. The predicted molar refractivity (Wildman–Crippen MR) is 114 cm³/mol. The standard InChI is InChI=1S/C22H26N6O/c1-17(2)28(15-18-13-23-27(3)14-18)16-22(29)24-19-9-11-21(12-10-19)26-25-20-7-5-4-6-8-20/h4-14,17H,15-16H2,1-3H3,(H,24,29). The molecule has 3 rings (SSSR count). The molecule has 0 saturated heterocycles. The minimum absolute atomic E-state index is 0.0544. The molecule has 150 valence electrons. The van der Waals surface area contributed by atoms with Gasteiger partial charge in [0.15, 0.2) is 0 Å². The van der Waals surface area contributed by atoms with Crippen molar-refractivity contribution in [2.75, 3.05) is 11.9 Å². The highest BCUT2D eigenvalue weighted by Crippen LogP contribution is 2.20. The van der Waals surface area contributed by atoms with E-state index in [0.717, 1.165) is 22.6 Å². The van der Waals surface area contributed by atoms with Crippen LogP contribution in [0.1, 0.15) is 19.4 Å². The molecule has 0 aliphatic heterocycles. The molecule has 1 heterocycles. The summed E-state index contributed by atoms with van der Waals surface area (Å²) in [4.78, 5) is 14.6. The van der Waals surface area contributed by atoms with Gasteiger partial charge in [0, 0.05) is 37.1 Å². The number of anilines is 1. The summed E-state index contributed by atoms with van der Waals surface area (Å²) in [5, 5.41) is 15.5. The fourth-order valence-corrected chi connectivity index (χ4v) is 2.82. The van der Waals surface area contributed by atoms with Crippen LogP contribution in [0.15, 0.2) is 77.2 Å². The Balaban J connectivity index is 1.55. The van der Waals surface area contributed by atoms with E-state index >= 15 is 0 Å². The molecule has 0 atom stereocenters. The van der Waals surface area contributed by atoms with E-state index in [1.165, 1.54) is 0 Å². The summed E-state index contributed by atoms with van der Waals surface area (Å²) >= 11 is 0. The summed E-state index contributed by atoms with van der Waals surface area (Å²) in [6, 6.07) is 17.1. The Morgan fingerprint density at radius 2 is 1.72 bits per heavy atom. The lowest BCUT2D eigenvalue weighted by Crippen LogP contribution is -2.37. The van der Waals surface area contributed by atoms with Gasteiger partial charge in [0.05, 0.1) is 24.1 Å². The van der Waals surface area contributed by atoms with Crippen LogP contribution in [0.3, 0.4) is 0 Å². The summed E-state index contributed by atoms with van der Waals surface area (Å²) in [5.74, 6) is -0.0544. The van der Waals surface area contributed by atoms with Gasteiger partial charge in [0.25, 0.3) is 0 Å². The highest BCUT2D eigenvalue weighted by Gasteiger charge is 2.15. The van der Waals surface area contributed by atoms with Crippen molar-refractivity contribution in [3.8, 4) is 0 Å². The number of carbonyl (C=O) groups excluding carboxylic acids is 1. The van der Waals surface area contributed by atoms with Gasteiger partial charge < -0.3 is 5.32 Å². The van der Waals surface area contributed by atoms with Crippen molar-refractivity contribution in [1.82, 2.24) is 14.7 Å². The van der Waals surface area contributed by atoms with Crippen LogP contribution in [0, 0.1) is 0 Å². The molecule has 0 saturated carbocycles. The van der Waals surface area contributed by atoms with Gasteiger partial charge in [0.2, 0.25) is 5.91 Å². The van der Waals surface area contributed by atoms with Gasteiger partial charge in [-0.2, -0.15) is 15.3 Å². The molecule has 0 bridgehead atoms. The average Bonchev–Trinajstić information content (AvgIpc) is 3.12. The highest BCUT2D eigenvalue weighted by atomic mass is 16.2. The minimum atomic E-state index is -0.0544. The van der Waals surface area contributed by atoms with Crippen molar-refractivity contribution in [2.24, 2.45) is 17.3 Å². The number of amides is 1. The van der Waals surface area contributed by atoms with E-state index in [-0.39, 0.29) is 11.9 Å². The quantitative estimate of drug-likeness (QED) is 0.567. The Labute approximate surface area is 171 Å². The second-order valence-corrected chi connectivity index (χ2v) is 7.15. The zero-order chi connectivity index (χ0) is 20.6. The maximum absolute atomic E-state index is 12.5. The lowest BCUT2D eigenvalue weighted by molar-refractivity contribution is -0.117. The molecule has 0 spiro atoms. The van der Waals surface area contributed by atoms with Crippen molar-refractivity contribution in [3.63, 3.8) is 0 Å². The molecule has 2 aromatic carbocycles. The first kappa shape index (κ1) is 20.4. The largest absolute Gasteiger partial charge is 0.325 e. The number of rotatable bonds is 8. The van der Waals surface area contributed by atoms with Crippen molar-refractivity contribution >= 4 is 23.0 Å². The first-order valence-corrected chi connectivity index (χ1v) is 9.58. The molecule has 1 amide bonds. The molecule has 0 aliphatic carbocycles. The van der Waals surface area contributed by atoms with E-state index < -0.39 is 0 Å². The number of hydrogen-bond donors (Lipinski definition) is 1. The van der Waals surface area contributed by atoms with Gasteiger partial charge in [0.1, 0.15) is 0 Å². The number of azo groups is 1. The Morgan fingerprint density at radius 1 is 1.07 bits per heavy atom. The third-order valence-electron chi connectivity index (χ3n) is 4.41.